The average Bonchev–Trinajstić information content (AvgIpc) is 2.25. The van der Waals surface area contributed by atoms with E-state index in [1.54, 1.807) is 12.1 Å². The summed E-state index contributed by atoms with van der Waals surface area (Å²) < 4.78 is 5.45. The van der Waals surface area contributed by atoms with Gasteiger partial charge in [0.2, 0.25) is 5.75 Å². The molecule has 1 aromatic carbocycles. The van der Waals surface area contributed by atoms with E-state index in [0.717, 1.165) is 0 Å². The summed E-state index contributed by atoms with van der Waals surface area (Å²) in [5.41, 5.74) is 0. The predicted octanol–water partition coefficient (Wildman–Crippen LogP) is 3.58. The van der Waals surface area contributed by atoms with Crippen molar-refractivity contribution in [1.82, 2.24) is 9.97 Å². The second-order valence-corrected chi connectivity index (χ2v) is 3.42. The van der Waals surface area contributed by atoms with Crippen molar-refractivity contribution in [1.29, 1.82) is 0 Å². The lowest BCUT2D eigenvalue weighted by molar-refractivity contribution is 0.478. The van der Waals surface area contributed by atoms with Gasteiger partial charge >= 0.3 is 0 Å². The van der Waals surface area contributed by atoms with Crippen LogP contribution >= 0.6 is 23.2 Å². The number of hydrogen-bond donors (Lipinski definition) is 0. The molecule has 0 aliphatic heterocycles. The minimum atomic E-state index is 0.193. The van der Waals surface area contributed by atoms with Crippen molar-refractivity contribution in [3.05, 3.63) is 47.0 Å². The molecule has 5 heteroatoms. The van der Waals surface area contributed by atoms with E-state index in [-0.39, 0.29) is 16.1 Å². The molecular formula is C10H6Cl2N2O. The number of rotatable bonds is 2. The molecule has 0 bridgehead atoms. The Hall–Kier alpha value is -1.32. The van der Waals surface area contributed by atoms with Crippen LogP contribution in [0.15, 0.2) is 36.7 Å². The van der Waals surface area contributed by atoms with E-state index < -0.39 is 0 Å². The molecule has 3 nitrogen and oxygen atoms in total. The first-order chi connectivity index (χ1) is 7.27. The van der Waals surface area contributed by atoms with Gasteiger partial charge in [0.25, 0.3) is 0 Å². The molecule has 0 saturated heterocycles. The molecule has 15 heavy (non-hydrogen) atoms. The molecule has 2 aromatic rings. The fourth-order valence-electron chi connectivity index (χ4n) is 1.02. The Morgan fingerprint density at radius 1 is 0.933 bits per heavy atom. The molecule has 0 fully saturated rings. The maximum atomic E-state index is 5.82. The van der Waals surface area contributed by atoms with Gasteiger partial charge in [-0.2, -0.15) is 0 Å². The van der Waals surface area contributed by atoms with Gasteiger partial charge in [0.05, 0.1) is 0 Å². The zero-order chi connectivity index (χ0) is 10.7. The summed E-state index contributed by atoms with van der Waals surface area (Å²) in [6.07, 6.45) is 1.28. The molecule has 1 aromatic heterocycles. The fourth-order valence-corrected chi connectivity index (χ4v) is 1.42. The third-order valence-electron chi connectivity index (χ3n) is 1.68. The van der Waals surface area contributed by atoms with Crippen molar-refractivity contribution in [2.75, 3.05) is 0 Å². The van der Waals surface area contributed by atoms with E-state index >= 15 is 0 Å². The highest BCUT2D eigenvalue weighted by molar-refractivity contribution is 6.35. The van der Waals surface area contributed by atoms with Crippen LogP contribution in [-0.4, -0.2) is 9.97 Å². The van der Waals surface area contributed by atoms with Crippen LogP contribution in [0.3, 0.4) is 0 Å². The molecule has 0 amide bonds. The van der Waals surface area contributed by atoms with Crippen molar-refractivity contribution < 1.29 is 4.74 Å². The molecular weight excluding hydrogens is 235 g/mol. The van der Waals surface area contributed by atoms with E-state index in [9.17, 15) is 0 Å². The third-order valence-corrected chi connectivity index (χ3v) is 2.22. The van der Waals surface area contributed by atoms with Crippen molar-refractivity contribution in [3.8, 4) is 11.5 Å². The Bertz CT molecular complexity index is 442. The molecule has 76 valence electrons. The zero-order valence-electron chi connectivity index (χ0n) is 7.52. The maximum absolute atomic E-state index is 5.82. The molecule has 0 spiro atoms. The van der Waals surface area contributed by atoms with E-state index in [2.05, 4.69) is 9.97 Å². The minimum absolute atomic E-state index is 0.193. The highest BCUT2D eigenvalue weighted by Gasteiger charge is 2.09. The first kappa shape index (κ1) is 10.2. The second kappa shape index (κ2) is 4.47. The van der Waals surface area contributed by atoms with Gasteiger partial charge in [-0.25, -0.2) is 9.97 Å². The average molecular weight is 241 g/mol. The highest BCUT2D eigenvalue weighted by atomic mass is 35.5. The number of benzene rings is 1. The van der Waals surface area contributed by atoms with Crippen molar-refractivity contribution >= 4 is 23.2 Å². The van der Waals surface area contributed by atoms with Crippen LogP contribution in [0.5, 0.6) is 11.5 Å². The molecule has 0 radical (unpaired) electrons. The number of nitrogens with zero attached hydrogens (tertiary/aromatic N) is 2. The zero-order valence-corrected chi connectivity index (χ0v) is 9.03. The smallest absolute Gasteiger partial charge is 0.201 e. The summed E-state index contributed by atoms with van der Waals surface area (Å²) in [7, 11) is 0. The number of halogens is 2. The van der Waals surface area contributed by atoms with Crippen LogP contribution in [-0.2, 0) is 0 Å². The van der Waals surface area contributed by atoms with E-state index in [4.69, 9.17) is 27.9 Å². The molecule has 1 heterocycles. The first-order valence-corrected chi connectivity index (χ1v) is 4.92. The standard InChI is InChI=1S/C10H6Cl2N2O/c11-9-8(10(12)14-6-13-9)15-7-4-2-1-3-5-7/h1-6H. The molecule has 0 atom stereocenters. The molecule has 0 aliphatic rings. The minimum Gasteiger partial charge on any atom is -0.451 e. The molecule has 0 aliphatic carbocycles. The number of ether oxygens (including phenoxy) is 1. The quantitative estimate of drug-likeness (QED) is 0.753. The summed E-state index contributed by atoms with van der Waals surface area (Å²) in [6, 6.07) is 9.17. The monoisotopic (exact) mass is 240 g/mol. The summed E-state index contributed by atoms with van der Waals surface area (Å²) in [6.45, 7) is 0. The number of aromatic nitrogens is 2. The van der Waals surface area contributed by atoms with Crippen LogP contribution in [0.2, 0.25) is 10.3 Å². The Labute approximate surface area is 96.6 Å². The van der Waals surface area contributed by atoms with Gasteiger partial charge in [-0.15, -0.1) is 0 Å². The van der Waals surface area contributed by atoms with Gasteiger partial charge in [-0.3, -0.25) is 0 Å². The van der Waals surface area contributed by atoms with Gasteiger partial charge in [0.15, 0.2) is 10.3 Å². The largest absolute Gasteiger partial charge is 0.451 e. The molecule has 0 N–H and O–H groups in total. The van der Waals surface area contributed by atoms with Gasteiger partial charge in [0.1, 0.15) is 12.1 Å². The van der Waals surface area contributed by atoms with Crippen molar-refractivity contribution in [2.45, 2.75) is 0 Å². The Kier molecular flexibility index (Phi) is 3.04. The summed E-state index contributed by atoms with van der Waals surface area (Å²) in [4.78, 5) is 7.56. The van der Waals surface area contributed by atoms with E-state index in [1.165, 1.54) is 6.33 Å². The van der Waals surface area contributed by atoms with Crippen molar-refractivity contribution in [2.24, 2.45) is 0 Å². The Morgan fingerprint density at radius 2 is 1.53 bits per heavy atom. The Balaban J connectivity index is 2.32. The number of para-hydroxylation sites is 1. The maximum Gasteiger partial charge on any atom is 0.201 e. The fraction of sp³-hybridized carbons (Fsp3) is 0. The van der Waals surface area contributed by atoms with Gasteiger partial charge in [-0.05, 0) is 12.1 Å². The van der Waals surface area contributed by atoms with E-state index in [0.29, 0.717) is 5.75 Å². The van der Waals surface area contributed by atoms with Gasteiger partial charge in [0, 0.05) is 0 Å². The van der Waals surface area contributed by atoms with Crippen LogP contribution in [0, 0.1) is 0 Å². The lowest BCUT2D eigenvalue weighted by atomic mass is 10.3. The van der Waals surface area contributed by atoms with Gasteiger partial charge < -0.3 is 4.74 Å². The normalized spacial score (nSPS) is 10.0. The first-order valence-electron chi connectivity index (χ1n) is 4.16. The van der Waals surface area contributed by atoms with Crippen LogP contribution in [0.4, 0.5) is 0 Å². The summed E-state index contributed by atoms with van der Waals surface area (Å²) >= 11 is 11.6. The lowest BCUT2D eigenvalue weighted by Crippen LogP contribution is -1.90. The van der Waals surface area contributed by atoms with E-state index in [1.807, 2.05) is 18.2 Å². The van der Waals surface area contributed by atoms with Crippen LogP contribution in [0.25, 0.3) is 0 Å². The Morgan fingerprint density at radius 3 is 2.13 bits per heavy atom. The SMILES string of the molecule is Clc1ncnc(Cl)c1Oc1ccccc1. The molecule has 0 saturated carbocycles. The van der Waals surface area contributed by atoms with Gasteiger partial charge in [-0.1, -0.05) is 41.4 Å². The van der Waals surface area contributed by atoms with Crippen LogP contribution in [0.1, 0.15) is 0 Å². The third kappa shape index (κ3) is 2.37. The van der Waals surface area contributed by atoms with Crippen LogP contribution < -0.4 is 4.74 Å². The summed E-state index contributed by atoms with van der Waals surface area (Å²) in [5, 5.41) is 0.387. The topological polar surface area (TPSA) is 35.0 Å². The predicted molar refractivity (Wildman–Crippen MR) is 58.6 cm³/mol. The second-order valence-electron chi connectivity index (χ2n) is 2.70. The highest BCUT2D eigenvalue weighted by Crippen LogP contribution is 2.32. The molecule has 2 rings (SSSR count). The lowest BCUT2D eigenvalue weighted by Gasteiger charge is -2.06. The summed E-state index contributed by atoms with van der Waals surface area (Å²) in [5.74, 6) is 0.906. The molecule has 0 unspecified atom stereocenters. The van der Waals surface area contributed by atoms with Crippen molar-refractivity contribution in [3.63, 3.8) is 0 Å². The number of hydrogen-bond acceptors (Lipinski definition) is 3.